The minimum absolute atomic E-state index is 0. The van der Waals surface area contributed by atoms with Crippen LogP contribution in [-0.4, -0.2) is 81.9 Å². The molecule has 0 heterocycles. The maximum absolute atomic E-state index is 8.61. The smallest absolute Gasteiger partial charge is 2.00 e. The number of rotatable bonds is 0. The molecule has 0 spiro atoms. The van der Waals surface area contributed by atoms with E-state index in [0.717, 1.165) is 0 Å². The molecule has 19 heteroatoms. The summed E-state index contributed by atoms with van der Waals surface area (Å²) in [6.07, 6.45) is 0. The first-order valence-corrected chi connectivity index (χ1v) is 11.8. The van der Waals surface area contributed by atoms with Crippen LogP contribution in [0.15, 0.2) is 0 Å². The van der Waals surface area contributed by atoms with Gasteiger partial charge in [-0.25, -0.2) is 0 Å². The Hall–Kier alpha value is 4.26. The largest absolute Gasteiger partial charge is 2.00 e. The molecular weight excluding hydrogens is 1100 g/mol. The summed E-state index contributed by atoms with van der Waals surface area (Å²) in [5.74, 6) is 0. The van der Waals surface area contributed by atoms with Gasteiger partial charge in [-0.2, -0.15) is 0 Å². The fourth-order valence-electron chi connectivity index (χ4n) is 0. The van der Waals surface area contributed by atoms with Gasteiger partial charge in [0.1, 0.15) is 0 Å². The second-order valence-electron chi connectivity index (χ2n) is 0.947. The van der Waals surface area contributed by atoms with Crippen molar-refractivity contribution in [2.45, 2.75) is 0 Å². The zero-order valence-electron chi connectivity index (χ0n) is 8.29. The van der Waals surface area contributed by atoms with Gasteiger partial charge in [-0.3, -0.25) is 0 Å². The van der Waals surface area contributed by atoms with Gasteiger partial charge in [-0.15, -0.1) is 0 Å². The molecule has 0 aromatic rings. The molecule has 0 N–H and O–H groups in total. The maximum Gasteiger partial charge on any atom is 2.00 e. The van der Waals surface area contributed by atoms with E-state index in [-0.39, 0.29) is 81.9 Å². The van der Waals surface area contributed by atoms with E-state index in [4.69, 9.17) is 41.1 Å². The predicted molar refractivity (Wildman–Crippen MR) is 21.4 cm³/mol. The first-order chi connectivity index (χ1) is 6.93. The van der Waals surface area contributed by atoms with Gasteiger partial charge >= 0.3 is 199 Å². The Morgan fingerprint density at radius 2 is 0.579 bits per heavy atom. The summed E-state index contributed by atoms with van der Waals surface area (Å²) in [6.45, 7) is 0. The molecule has 0 unspecified atom stereocenters. The molecule has 102 valence electrons. The third kappa shape index (κ3) is 503. The molecule has 0 aromatic heterocycles. The van der Waals surface area contributed by atoms with Crippen molar-refractivity contribution in [3.8, 4) is 0 Å². The summed E-state index contributed by atoms with van der Waals surface area (Å²) >= 11 is -16.5. The van der Waals surface area contributed by atoms with E-state index in [1.807, 2.05) is 0 Å². The Labute approximate surface area is 194 Å². The van der Waals surface area contributed by atoms with Crippen molar-refractivity contribution in [2.24, 2.45) is 0 Å². The average Bonchev–Trinajstić information content (AvgIpc) is 1.76. The molecule has 12 nitrogen and oxygen atoms in total. The van der Waals surface area contributed by atoms with Gasteiger partial charge in [0.25, 0.3) is 0 Å². The number of hydrogen-bond acceptors (Lipinski definition) is 12. The minimum atomic E-state index is -4.29. The molecule has 0 saturated carbocycles. The van der Waals surface area contributed by atoms with Crippen LogP contribution in [0.4, 0.5) is 0 Å². The van der Waals surface area contributed by atoms with Crippen LogP contribution in [0.25, 0.3) is 0 Å². The second-order valence-corrected chi connectivity index (χ2v) is 4.80. The summed E-state index contributed by atoms with van der Waals surface area (Å²) < 4.78 is 103. The molecule has 19 heavy (non-hydrogen) atoms. The Morgan fingerprint density at radius 3 is 0.579 bits per heavy atom. The Morgan fingerprint density at radius 1 is 0.579 bits per heavy atom. The normalized spacial score (nSPS) is 5.37. The van der Waals surface area contributed by atoms with Crippen molar-refractivity contribution in [2.75, 3.05) is 0 Å². The molecule has 0 rings (SSSR count). The van der Waals surface area contributed by atoms with Crippen LogP contribution in [0.2, 0.25) is 0 Å². The quantitative estimate of drug-likeness (QED) is 0.206. The van der Waals surface area contributed by atoms with Crippen LogP contribution in [0.3, 0.4) is 0 Å². The van der Waals surface area contributed by atoms with Crippen molar-refractivity contribution in [1.29, 1.82) is 0 Å². The van der Waals surface area contributed by atoms with E-state index in [9.17, 15) is 0 Å². The van der Waals surface area contributed by atoms with Crippen molar-refractivity contribution >= 4 is 81.9 Å². The summed E-state index contributed by atoms with van der Waals surface area (Å²) in [7, 11) is 0. The molecule has 0 bridgehead atoms. The summed E-state index contributed by atoms with van der Waals surface area (Å²) in [4.78, 5) is 0. The molecule has 0 atom stereocenters. The van der Waals surface area contributed by atoms with Crippen LogP contribution in [0.5, 0.6) is 0 Å². The average molecular weight is 1100 g/mol. The molecule has 0 aliphatic carbocycles. The third-order valence-corrected chi connectivity index (χ3v) is 0. The Kier molecular flexibility index (Phi) is 87.3. The molecule has 0 saturated heterocycles. The summed E-state index contributed by atoms with van der Waals surface area (Å²) in [5, 5.41) is 0. The van der Waals surface area contributed by atoms with Gasteiger partial charge in [0.2, 0.25) is 0 Å². The Balaban J connectivity index is -0.0000000192. The first-order valence-electron chi connectivity index (χ1n) is 2.32. The van der Waals surface area contributed by atoms with E-state index in [0.29, 0.717) is 0 Å². The van der Waals surface area contributed by atoms with E-state index >= 15 is 0 Å². The van der Waals surface area contributed by atoms with Crippen molar-refractivity contribution in [1.82, 2.24) is 0 Å². The minimum Gasteiger partial charge on any atom is 2.00 e. The monoisotopic (exact) mass is 1100 g/mol. The summed E-state index contributed by atoms with van der Waals surface area (Å²) in [5.41, 5.74) is 0. The zero-order chi connectivity index (χ0) is 14.3. The standard InChI is InChI=1S/12O.3Pb.2V.2Zr/q;;;;;;6*-1;3*+2;;;;. The van der Waals surface area contributed by atoms with Gasteiger partial charge in [-0.05, 0) is 0 Å². The molecule has 0 amide bonds. The van der Waals surface area contributed by atoms with E-state index < -0.39 is 76.1 Å². The van der Waals surface area contributed by atoms with Gasteiger partial charge in [0, 0.05) is 0 Å². The SMILES string of the molecule is [O]=[V](=[O])[O-].[O]=[V](=[O])[O-].[O]=[Zr]([O-])[O-].[O]=[Zr]([O-])[O-].[Pb+2].[Pb+2].[Pb+2]. The molecule has 0 aliphatic heterocycles. The van der Waals surface area contributed by atoms with Gasteiger partial charge < -0.3 is 0 Å². The first kappa shape index (κ1) is 43.6. The molecule has 6 radical (unpaired) electrons. The molecule has 0 fully saturated rings. The van der Waals surface area contributed by atoms with Crippen LogP contribution in [0.1, 0.15) is 0 Å². The zero-order valence-corrected chi connectivity index (χ0v) is 27.7. The molecule has 0 aromatic carbocycles. The van der Waals surface area contributed by atoms with Crippen molar-refractivity contribution in [3.63, 3.8) is 0 Å². The third-order valence-electron chi connectivity index (χ3n) is 0. The van der Waals surface area contributed by atoms with Crippen LogP contribution < -0.4 is 20.8 Å². The maximum atomic E-state index is 8.61. The van der Waals surface area contributed by atoms with Crippen molar-refractivity contribution < 1.29 is 117 Å². The Bertz CT molecular complexity index is 265. The van der Waals surface area contributed by atoms with Crippen LogP contribution in [0, 0.1) is 0 Å². The van der Waals surface area contributed by atoms with Crippen molar-refractivity contribution in [3.05, 3.63) is 0 Å². The van der Waals surface area contributed by atoms with E-state index in [1.165, 1.54) is 0 Å². The molecule has 0 aliphatic rings. The molecular formula is O12Pb3V2Zr2. The fourth-order valence-corrected chi connectivity index (χ4v) is 0. The van der Waals surface area contributed by atoms with Gasteiger partial charge in [-0.1, -0.05) is 0 Å². The van der Waals surface area contributed by atoms with Crippen LogP contribution >= 0.6 is 0 Å². The number of hydrogen-bond donors (Lipinski definition) is 0. The van der Waals surface area contributed by atoms with Gasteiger partial charge in [0.15, 0.2) is 0 Å². The topological polar surface area (TPSA) is 241 Å². The van der Waals surface area contributed by atoms with Crippen LogP contribution in [-0.2, 0) is 96.4 Å². The van der Waals surface area contributed by atoms with Gasteiger partial charge in [0.05, 0.1) is 0 Å². The predicted octanol–water partition coefficient (Wildman–Crippen LogP) is -9.00. The van der Waals surface area contributed by atoms with E-state index in [2.05, 4.69) is 0 Å². The second kappa shape index (κ2) is 38.1. The summed E-state index contributed by atoms with van der Waals surface area (Å²) in [6, 6.07) is 0. The van der Waals surface area contributed by atoms with E-state index in [1.54, 1.807) is 0 Å². The fraction of sp³-hybridized carbons (Fsp3) is 0.